The SMILES string of the molecule is CC1CCN(CC2(C)CCCCN2)C(C)C1. The van der Waals surface area contributed by atoms with E-state index in [1.54, 1.807) is 0 Å². The number of nitrogens with zero attached hydrogens (tertiary/aromatic N) is 1. The van der Waals surface area contributed by atoms with Crippen LogP contribution in [0.2, 0.25) is 0 Å². The predicted octanol–water partition coefficient (Wildman–Crippen LogP) is 2.64. The smallest absolute Gasteiger partial charge is 0.0280 e. The lowest BCUT2D eigenvalue weighted by atomic mass is 9.87. The van der Waals surface area contributed by atoms with Crippen LogP contribution in [0.25, 0.3) is 0 Å². The van der Waals surface area contributed by atoms with Crippen molar-refractivity contribution >= 4 is 0 Å². The molecule has 1 N–H and O–H groups in total. The van der Waals surface area contributed by atoms with Gasteiger partial charge in [-0.25, -0.2) is 0 Å². The molecule has 2 fully saturated rings. The maximum absolute atomic E-state index is 3.73. The molecule has 2 rings (SSSR count). The molecule has 2 aliphatic rings. The van der Waals surface area contributed by atoms with Gasteiger partial charge in [0.25, 0.3) is 0 Å². The molecule has 16 heavy (non-hydrogen) atoms. The van der Waals surface area contributed by atoms with Crippen LogP contribution < -0.4 is 5.32 Å². The van der Waals surface area contributed by atoms with Gasteiger partial charge in [0.1, 0.15) is 0 Å². The van der Waals surface area contributed by atoms with Gasteiger partial charge in [0, 0.05) is 18.1 Å². The third kappa shape index (κ3) is 2.98. The van der Waals surface area contributed by atoms with E-state index in [-0.39, 0.29) is 0 Å². The number of rotatable bonds is 2. The summed E-state index contributed by atoms with van der Waals surface area (Å²) >= 11 is 0. The molecule has 0 amide bonds. The van der Waals surface area contributed by atoms with Gasteiger partial charge in [0.05, 0.1) is 0 Å². The van der Waals surface area contributed by atoms with Crippen molar-refractivity contribution in [1.82, 2.24) is 10.2 Å². The van der Waals surface area contributed by atoms with E-state index in [9.17, 15) is 0 Å². The average Bonchev–Trinajstić information content (AvgIpc) is 2.23. The van der Waals surface area contributed by atoms with Crippen molar-refractivity contribution < 1.29 is 0 Å². The van der Waals surface area contributed by atoms with Crippen LogP contribution in [0.4, 0.5) is 0 Å². The number of nitrogens with one attached hydrogen (secondary N) is 1. The number of likely N-dealkylation sites (tertiary alicyclic amines) is 1. The Balaban J connectivity index is 1.88. The fraction of sp³-hybridized carbons (Fsp3) is 1.00. The molecule has 0 aliphatic carbocycles. The van der Waals surface area contributed by atoms with Crippen molar-refractivity contribution in [3.63, 3.8) is 0 Å². The zero-order chi connectivity index (χ0) is 11.6. The van der Waals surface area contributed by atoms with Gasteiger partial charge < -0.3 is 5.32 Å². The van der Waals surface area contributed by atoms with Crippen molar-refractivity contribution in [2.45, 2.75) is 64.5 Å². The van der Waals surface area contributed by atoms with E-state index in [0.29, 0.717) is 5.54 Å². The van der Waals surface area contributed by atoms with Crippen LogP contribution in [0.15, 0.2) is 0 Å². The highest BCUT2D eigenvalue weighted by atomic mass is 15.2. The third-order valence-corrected chi connectivity index (χ3v) is 4.54. The summed E-state index contributed by atoms with van der Waals surface area (Å²) < 4.78 is 0. The Morgan fingerprint density at radius 1 is 1.31 bits per heavy atom. The van der Waals surface area contributed by atoms with E-state index < -0.39 is 0 Å². The molecular formula is C14H28N2. The molecule has 2 heteroatoms. The third-order valence-electron chi connectivity index (χ3n) is 4.54. The largest absolute Gasteiger partial charge is 0.310 e. The lowest BCUT2D eigenvalue weighted by Gasteiger charge is -2.44. The molecular weight excluding hydrogens is 196 g/mol. The predicted molar refractivity (Wildman–Crippen MR) is 69.7 cm³/mol. The minimum atomic E-state index is 0.382. The molecule has 2 saturated heterocycles. The van der Waals surface area contributed by atoms with Crippen molar-refractivity contribution in [3.8, 4) is 0 Å². The summed E-state index contributed by atoms with van der Waals surface area (Å²) in [5.74, 6) is 0.929. The van der Waals surface area contributed by atoms with Crippen LogP contribution in [0.1, 0.15) is 52.9 Å². The van der Waals surface area contributed by atoms with Crippen molar-refractivity contribution in [1.29, 1.82) is 0 Å². The highest BCUT2D eigenvalue weighted by molar-refractivity contribution is 4.91. The summed E-state index contributed by atoms with van der Waals surface area (Å²) in [6, 6.07) is 0.782. The molecule has 2 nitrogen and oxygen atoms in total. The minimum Gasteiger partial charge on any atom is -0.310 e. The summed E-state index contributed by atoms with van der Waals surface area (Å²) in [5, 5.41) is 3.73. The van der Waals surface area contributed by atoms with Gasteiger partial charge in [-0.3, -0.25) is 4.90 Å². The summed E-state index contributed by atoms with van der Waals surface area (Å²) in [7, 11) is 0. The number of hydrogen-bond donors (Lipinski definition) is 1. The van der Waals surface area contributed by atoms with Gasteiger partial charge in [-0.1, -0.05) is 13.3 Å². The Morgan fingerprint density at radius 3 is 2.75 bits per heavy atom. The van der Waals surface area contributed by atoms with E-state index in [2.05, 4.69) is 31.0 Å². The van der Waals surface area contributed by atoms with Gasteiger partial charge in [-0.15, -0.1) is 0 Å². The van der Waals surface area contributed by atoms with Crippen molar-refractivity contribution in [2.24, 2.45) is 5.92 Å². The Bertz CT molecular complexity index is 221. The summed E-state index contributed by atoms with van der Waals surface area (Å²) in [6.45, 7) is 11.0. The molecule has 3 atom stereocenters. The zero-order valence-electron chi connectivity index (χ0n) is 11.3. The molecule has 0 radical (unpaired) electrons. The first-order chi connectivity index (χ1) is 7.59. The second-order valence-corrected chi connectivity index (χ2v) is 6.39. The van der Waals surface area contributed by atoms with E-state index in [1.807, 2.05) is 0 Å². The first kappa shape index (κ1) is 12.4. The van der Waals surface area contributed by atoms with E-state index in [1.165, 1.54) is 51.7 Å². The highest BCUT2D eigenvalue weighted by Crippen LogP contribution is 2.26. The second kappa shape index (κ2) is 5.05. The molecule has 0 aromatic heterocycles. The Labute approximate surface area is 101 Å². The fourth-order valence-corrected chi connectivity index (χ4v) is 3.39. The standard InChI is InChI=1S/C14H28N2/c1-12-6-9-16(13(2)10-12)11-14(3)7-4-5-8-15-14/h12-13,15H,4-11H2,1-3H3. The molecule has 3 unspecified atom stereocenters. The highest BCUT2D eigenvalue weighted by Gasteiger charge is 2.32. The van der Waals surface area contributed by atoms with E-state index in [4.69, 9.17) is 0 Å². The van der Waals surface area contributed by atoms with Gasteiger partial charge in [-0.2, -0.15) is 0 Å². The Hall–Kier alpha value is -0.0800. The molecule has 0 aromatic carbocycles. The second-order valence-electron chi connectivity index (χ2n) is 6.39. The maximum Gasteiger partial charge on any atom is 0.0280 e. The number of hydrogen-bond acceptors (Lipinski definition) is 2. The molecule has 0 saturated carbocycles. The molecule has 2 aliphatic heterocycles. The van der Waals surface area contributed by atoms with Crippen LogP contribution in [0.5, 0.6) is 0 Å². The fourth-order valence-electron chi connectivity index (χ4n) is 3.39. The van der Waals surface area contributed by atoms with Crippen LogP contribution >= 0.6 is 0 Å². The van der Waals surface area contributed by atoms with Gasteiger partial charge in [0.15, 0.2) is 0 Å². The van der Waals surface area contributed by atoms with Gasteiger partial charge >= 0.3 is 0 Å². The van der Waals surface area contributed by atoms with Crippen molar-refractivity contribution in [2.75, 3.05) is 19.6 Å². The van der Waals surface area contributed by atoms with E-state index in [0.717, 1.165) is 12.0 Å². The van der Waals surface area contributed by atoms with Crippen LogP contribution in [0, 0.1) is 5.92 Å². The quantitative estimate of drug-likeness (QED) is 0.776. The zero-order valence-corrected chi connectivity index (χ0v) is 11.3. The van der Waals surface area contributed by atoms with Gasteiger partial charge in [0.2, 0.25) is 0 Å². The van der Waals surface area contributed by atoms with Crippen LogP contribution in [-0.2, 0) is 0 Å². The first-order valence-electron chi connectivity index (χ1n) is 7.08. The Kier molecular flexibility index (Phi) is 3.91. The van der Waals surface area contributed by atoms with Crippen LogP contribution in [-0.4, -0.2) is 36.1 Å². The lowest BCUT2D eigenvalue weighted by Crippen LogP contribution is -2.56. The van der Waals surface area contributed by atoms with Crippen LogP contribution in [0.3, 0.4) is 0 Å². The molecule has 2 heterocycles. The first-order valence-corrected chi connectivity index (χ1v) is 7.08. The average molecular weight is 224 g/mol. The molecule has 0 aromatic rings. The summed E-state index contributed by atoms with van der Waals surface area (Å²) in [5.41, 5.74) is 0.382. The molecule has 94 valence electrons. The summed E-state index contributed by atoms with van der Waals surface area (Å²) in [4.78, 5) is 2.71. The van der Waals surface area contributed by atoms with Gasteiger partial charge in [-0.05, 0) is 58.5 Å². The molecule has 0 spiro atoms. The Morgan fingerprint density at radius 2 is 2.12 bits per heavy atom. The topological polar surface area (TPSA) is 15.3 Å². The monoisotopic (exact) mass is 224 g/mol. The molecule has 0 bridgehead atoms. The van der Waals surface area contributed by atoms with E-state index >= 15 is 0 Å². The lowest BCUT2D eigenvalue weighted by molar-refractivity contribution is 0.0834. The number of piperidine rings is 2. The van der Waals surface area contributed by atoms with Crippen molar-refractivity contribution in [3.05, 3.63) is 0 Å². The minimum absolute atomic E-state index is 0.382. The normalized spacial score (nSPS) is 42.2. The summed E-state index contributed by atoms with van der Waals surface area (Å²) in [6.07, 6.45) is 6.90. The maximum atomic E-state index is 3.73.